The van der Waals surface area contributed by atoms with Crippen LogP contribution in [-0.4, -0.2) is 29.4 Å². The summed E-state index contributed by atoms with van der Waals surface area (Å²) in [5.74, 6) is 0.600. The maximum atomic E-state index is 13.3. The highest BCUT2D eigenvalue weighted by Crippen LogP contribution is 2.35. The zero-order valence-corrected chi connectivity index (χ0v) is 17.9. The molecule has 0 spiro atoms. The number of pyridine rings is 1. The second kappa shape index (κ2) is 8.30. The minimum absolute atomic E-state index is 0.214. The summed E-state index contributed by atoms with van der Waals surface area (Å²) in [4.78, 5) is 24.9. The summed E-state index contributed by atoms with van der Waals surface area (Å²) >= 11 is 0. The van der Waals surface area contributed by atoms with Crippen molar-refractivity contribution < 1.29 is 19.4 Å². The van der Waals surface area contributed by atoms with E-state index in [0.29, 0.717) is 34.9 Å². The number of methoxy groups -OCH3 is 1. The van der Waals surface area contributed by atoms with Crippen molar-refractivity contribution in [3.05, 3.63) is 75.2 Å². The molecule has 3 aromatic rings. The first kappa shape index (κ1) is 20.7. The van der Waals surface area contributed by atoms with Crippen molar-refractivity contribution in [3.63, 3.8) is 0 Å². The number of benzene rings is 2. The van der Waals surface area contributed by atoms with Crippen LogP contribution in [0.25, 0.3) is 16.8 Å². The van der Waals surface area contributed by atoms with E-state index in [1.165, 1.54) is 0 Å². The summed E-state index contributed by atoms with van der Waals surface area (Å²) in [5, 5.41) is 9.54. The fraction of sp³-hybridized carbons (Fsp3) is 0.280. The predicted octanol–water partition coefficient (Wildman–Crippen LogP) is 4.08. The van der Waals surface area contributed by atoms with Crippen LogP contribution in [0.1, 0.15) is 28.8 Å². The van der Waals surface area contributed by atoms with Gasteiger partial charge in [-0.25, -0.2) is 0 Å². The minimum Gasteiger partial charge on any atom is -0.497 e. The molecule has 4 rings (SSSR count). The molecule has 6 heteroatoms. The molecule has 31 heavy (non-hydrogen) atoms. The maximum Gasteiger partial charge on any atom is 0.307 e. The Morgan fingerprint density at radius 2 is 1.90 bits per heavy atom. The molecule has 6 nitrogen and oxygen atoms in total. The van der Waals surface area contributed by atoms with Gasteiger partial charge in [0.2, 0.25) is 0 Å². The molecule has 1 aliphatic heterocycles. The molecule has 0 aliphatic carbocycles. The smallest absolute Gasteiger partial charge is 0.307 e. The summed E-state index contributed by atoms with van der Waals surface area (Å²) in [6.45, 7) is 4.27. The van der Waals surface area contributed by atoms with E-state index in [1.807, 2.05) is 31.2 Å². The van der Waals surface area contributed by atoms with Crippen molar-refractivity contribution in [3.8, 4) is 28.3 Å². The molecule has 0 saturated carbocycles. The van der Waals surface area contributed by atoms with Crippen molar-refractivity contribution in [2.24, 2.45) is 0 Å². The molecule has 0 amide bonds. The fourth-order valence-corrected chi connectivity index (χ4v) is 4.28. The van der Waals surface area contributed by atoms with Gasteiger partial charge >= 0.3 is 5.97 Å². The van der Waals surface area contributed by atoms with Gasteiger partial charge in [0, 0.05) is 22.5 Å². The number of aryl methyl sites for hydroxylation is 1. The van der Waals surface area contributed by atoms with Gasteiger partial charge in [0.1, 0.15) is 11.5 Å². The number of carboxylic acids is 1. The van der Waals surface area contributed by atoms with Gasteiger partial charge < -0.3 is 14.6 Å². The summed E-state index contributed by atoms with van der Waals surface area (Å²) < 4.78 is 12.6. The van der Waals surface area contributed by atoms with E-state index in [4.69, 9.17) is 9.47 Å². The summed E-state index contributed by atoms with van der Waals surface area (Å²) in [5.41, 5.74) is 4.95. The Kier molecular flexibility index (Phi) is 5.55. The highest BCUT2D eigenvalue weighted by molar-refractivity contribution is 5.79. The third kappa shape index (κ3) is 3.81. The highest BCUT2D eigenvalue weighted by Gasteiger charge is 2.22. The monoisotopic (exact) mass is 419 g/mol. The van der Waals surface area contributed by atoms with Crippen LogP contribution < -0.4 is 15.0 Å². The van der Waals surface area contributed by atoms with Crippen LogP contribution in [0.5, 0.6) is 11.5 Å². The van der Waals surface area contributed by atoms with Gasteiger partial charge in [0.15, 0.2) is 0 Å². The lowest BCUT2D eigenvalue weighted by molar-refractivity contribution is -0.136. The SMILES string of the molecule is COc1ccc(-n2c(C)c(-c3ccc4c(c3)CCCO4)c(CC(=O)O)c(C)c2=O)cc1. The van der Waals surface area contributed by atoms with Crippen LogP contribution in [0, 0.1) is 13.8 Å². The van der Waals surface area contributed by atoms with Crippen molar-refractivity contribution in [2.75, 3.05) is 13.7 Å². The normalized spacial score (nSPS) is 12.7. The number of carboxylic acid groups (broad SMARTS) is 1. The molecule has 0 radical (unpaired) electrons. The molecule has 1 N–H and O–H groups in total. The second-order valence-corrected chi connectivity index (χ2v) is 7.75. The number of nitrogens with zero attached hydrogens (tertiary/aromatic N) is 1. The lowest BCUT2D eigenvalue weighted by Crippen LogP contribution is -2.26. The summed E-state index contributed by atoms with van der Waals surface area (Å²) in [6.07, 6.45) is 1.64. The summed E-state index contributed by atoms with van der Waals surface area (Å²) in [7, 11) is 1.59. The molecule has 0 saturated heterocycles. The zero-order valence-electron chi connectivity index (χ0n) is 17.9. The van der Waals surface area contributed by atoms with E-state index in [0.717, 1.165) is 35.3 Å². The topological polar surface area (TPSA) is 77.8 Å². The van der Waals surface area contributed by atoms with Gasteiger partial charge in [0.25, 0.3) is 5.56 Å². The number of aliphatic carboxylic acids is 1. The van der Waals surface area contributed by atoms with Crippen LogP contribution >= 0.6 is 0 Å². The maximum absolute atomic E-state index is 13.3. The van der Waals surface area contributed by atoms with Crippen LogP contribution in [0.15, 0.2) is 47.3 Å². The average Bonchev–Trinajstić information content (AvgIpc) is 2.77. The Hall–Kier alpha value is -3.54. The third-order valence-corrected chi connectivity index (χ3v) is 5.83. The lowest BCUT2D eigenvalue weighted by atomic mass is 9.91. The minimum atomic E-state index is -0.966. The molecule has 0 fully saturated rings. The predicted molar refractivity (Wildman–Crippen MR) is 119 cm³/mol. The Balaban J connectivity index is 1.98. The molecule has 160 valence electrons. The molecule has 2 aromatic carbocycles. The van der Waals surface area contributed by atoms with Gasteiger partial charge in [-0.05, 0) is 79.8 Å². The van der Waals surface area contributed by atoms with Crippen molar-refractivity contribution in [2.45, 2.75) is 33.1 Å². The van der Waals surface area contributed by atoms with Crippen molar-refractivity contribution >= 4 is 5.97 Å². The van der Waals surface area contributed by atoms with Gasteiger partial charge in [-0.2, -0.15) is 0 Å². The summed E-state index contributed by atoms with van der Waals surface area (Å²) in [6, 6.07) is 13.2. The third-order valence-electron chi connectivity index (χ3n) is 5.83. The number of aromatic nitrogens is 1. The van der Waals surface area contributed by atoms with E-state index in [-0.39, 0.29) is 12.0 Å². The average molecular weight is 419 g/mol. The Morgan fingerprint density at radius 3 is 2.58 bits per heavy atom. The molecule has 2 heterocycles. The quantitative estimate of drug-likeness (QED) is 0.674. The van der Waals surface area contributed by atoms with Gasteiger partial charge in [0.05, 0.1) is 20.1 Å². The van der Waals surface area contributed by atoms with Gasteiger partial charge in [-0.1, -0.05) is 6.07 Å². The number of hydrogen-bond donors (Lipinski definition) is 1. The Morgan fingerprint density at radius 1 is 1.16 bits per heavy atom. The molecule has 0 unspecified atom stereocenters. The molecule has 1 aliphatic rings. The van der Waals surface area contributed by atoms with Crippen molar-refractivity contribution in [1.29, 1.82) is 0 Å². The van der Waals surface area contributed by atoms with Crippen LogP contribution in [0.3, 0.4) is 0 Å². The largest absolute Gasteiger partial charge is 0.497 e. The van der Waals surface area contributed by atoms with Gasteiger partial charge in [-0.15, -0.1) is 0 Å². The van der Waals surface area contributed by atoms with E-state index in [9.17, 15) is 14.7 Å². The molecular weight excluding hydrogens is 394 g/mol. The van der Waals surface area contributed by atoms with Gasteiger partial charge in [-0.3, -0.25) is 14.2 Å². The standard InChI is InChI=1S/C25H25NO5/c1-15-21(14-23(27)28)24(18-6-11-22-17(13-18)5-4-12-31-22)16(2)26(25(15)29)19-7-9-20(30-3)10-8-19/h6-11,13H,4-5,12,14H2,1-3H3,(H,27,28). The van der Waals surface area contributed by atoms with E-state index in [1.54, 1.807) is 30.7 Å². The number of fused-ring (bicyclic) bond motifs is 1. The molecular formula is C25H25NO5. The van der Waals surface area contributed by atoms with E-state index < -0.39 is 5.97 Å². The second-order valence-electron chi connectivity index (χ2n) is 7.75. The first-order valence-corrected chi connectivity index (χ1v) is 10.3. The highest BCUT2D eigenvalue weighted by atomic mass is 16.5. The van der Waals surface area contributed by atoms with Crippen LogP contribution in [0.2, 0.25) is 0 Å². The van der Waals surface area contributed by atoms with Crippen LogP contribution in [0.4, 0.5) is 0 Å². The molecule has 0 bridgehead atoms. The fourth-order valence-electron chi connectivity index (χ4n) is 4.28. The zero-order chi connectivity index (χ0) is 22.1. The van der Waals surface area contributed by atoms with E-state index >= 15 is 0 Å². The van der Waals surface area contributed by atoms with Crippen molar-refractivity contribution in [1.82, 2.24) is 4.57 Å². The lowest BCUT2D eigenvalue weighted by Gasteiger charge is -2.22. The Labute approximate surface area is 180 Å². The number of hydrogen-bond acceptors (Lipinski definition) is 4. The number of ether oxygens (including phenoxy) is 2. The number of carbonyl (C=O) groups is 1. The van der Waals surface area contributed by atoms with E-state index in [2.05, 4.69) is 6.07 Å². The first-order valence-electron chi connectivity index (χ1n) is 10.3. The van der Waals surface area contributed by atoms with Crippen LogP contribution in [-0.2, 0) is 17.6 Å². The molecule has 0 atom stereocenters. The molecule has 1 aromatic heterocycles. The number of rotatable bonds is 5. The first-order chi connectivity index (χ1) is 14.9. The Bertz CT molecular complexity index is 1210.